The van der Waals surface area contributed by atoms with E-state index in [0.29, 0.717) is 0 Å². The Morgan fingerprint density at radius 1 is 0.424 bits per heavy atom. The van der Waals surface area contributed by atoms with E-state index in [4.69, 9.17) is 14.2 Å². The predicted octanol–water partition coefficient (Wildman–Crippen LogP) is 9.13. The summed E-state index contributed by atoms with van der Waals surface area (Å²) < 4.78 is 18.1. The fourth-order valence-electron chi connectivity index (χ4n) is 3.32. The molecular weight excluding hydrogens is 408 g/mol. The molecule has 0 fully saturated rings. The van der Waals surface area contributed by atoms with Gasteiger partial charge in [-0.2, -0.15) is 0 Å². The Morgan fingerprint density at radius 2 is 0.758 bits per heavy atom. The van der Waals surface area contributed by atoms with Crippen molar-refractivity contribution in [1.82, 2.24) is 0 Å². The Hall–Kier alpha value is -4.24. The van der Waals surface area contributed by atoms with Crippen LogP contribution in [0.1, 0.15) is 25.0 Å². The van der Waals surface area contributed by atoms with Gasteiger partial charge in [-0.15, -0.1) is 0 Å². The number of hydrogen-bond donors (Lipinski definition) is 0. The highest BCUT2D eigenvalue weighted by molar-refractivity contribution is 5.58. The molecule has 3 nitrogen and oxygen atoms in total. The zero-order valence-electron chi connectivity index (χ0n) is 18.8. The highest BCUT2D eigenvalue weighted by Crippen LogP contribution is 2.31. The summed E-state index contributed by atoms with van der Waals surface area (Å²) in [7, 11) is 0. The topological polar surface area (TPSA) is 27.7 Å². The zero-order valence-corrected chi connectivity index (χ0v) is 18.8. The van der Waals surface area contributed by atoms with Gasteiger partial charge in [-0.05, 0) is 74.5 Å². The van der Waals surface area contributed by atoms with Crippen LogP contribution in [0.15, 0.2) is 109 Å². The minimum Gasteiger partial charge on any atom is -0.457 e. The molecule has 0 saturated heterocycles. The van der Waals surface area contributed by atoms with Crippen molar-refractivity contribution < 1.29 is 14.2 Å². The summed E-state index contributed by atoms with van der Waals surface area (Å²) in [6, 6.07) is 31.1. The number of hydrogen-bond acceptors (Lipinski definition) is 3. The molecule has 164 valence electrons. The summed E-state index contributed by atoms with van der Waals surface area (Å²) in [5.41, 5.74) is 2.08. The Bertz CT molecular complexity index is 1140. The first-order chi connectivity index (χ1) is 16.2. The second-order valence-corrected chi connectivity index (χ2v) is 7.32. The molecular formula is C30H26O3. The third-order valence-corrected chi connectivity index (χ3v) is 4.87. The molecule has 0 heterocycles. The molecule has 0 N–H and O–H groups in total. The predicted molar refractivity (Wildman–Crippen MR) is 135 cm³/mol. The van der Waals surface area contributed by atoms with Crippen LogP contribution in [-0.2, 0) is 0 Å². The van der Waals surface area contributed by atoms with Gasteiger partial charge < -0.3 is 14.2 Å². The lowest BCUT2D eigenvalue weighted by atomic mass is 10.2. The standard InChI is InChI=1S/C30H26O3/c1-3-9-23-11-5-7-13-29(23)32-27-19-15-25(16-20-27)31-26-17-21-28(22-18-26)33-30-14-8-6-12-24(30)10-4-2/h3-22H,1-2H3/b9-3-,10-4-. The van der Waals surface area contributed by atoms with Gasteiger partial charge in [-0.25, -0.2) is 0 Å². The summed E-state index contributed by atoms with van der Waals surface area (Å²) in [6.45, 7) is 3.98. The van der Waals surface area contributed by atoms with E-state index in [0.717, 1.165) is 45.6 Å². The number of benzene rings is 4. The molecule has 0 unspecified atom stereocenters. The fraction of sp³-hybridized carbons (Fsp3) is 0.0667. The molecule has 0 radical (unpaired) electrons. The Labute approximate surface area is 195 Å². The van der Waals surface area contributed by atoms with Crippen molar-refractivity contribution in [3.8, 4) is 34.5 Å². The maximum atomic E-state index is 6.04. The third kappa shape index (κ3) is 5.92. The zero-order chi connectivity index (χ0) is 22.9. The van der Waals surface area contributed by atoms with Crippen molar-refractivity contribution >= 4 is 12.2 Å². The van der Waals surface area contributed by atoms with E-state index in [9.17, 15) is 0 Å². The van der Waals surface area contributed by atoms with Gasteiger partial charge >= 0.3 is 0 Å². The highest BCUT2D eigenvalue weighted by atomic mass is 16.5. The van der Waals surface area contributed by atoms with Gasteiger partial charge in [0.15, 0.2) is 0 Å². The minimum atomic E-state index is 0.733. The molecule has 4 rings (SSSR count). The molecule has 4 aromatic rings. The van der Waals surface area contributed by atoms with Gasteiger partial charge in [0.1, 0.15) is 34.5 Å². The summed E-state index contributed by atoms with van der Waals surface area (Å²) >= 11 is 0. The highest BCUT2D eigenvalue weighted by Gasteiger charge is 2.05. The van der Waals surface area contributed by atoms with Crippen LogP contribution in [-0.4, -0.2) is 0 Å². The average Bonchev–Trinajstić information content (AvgIpc) is 2.84. The van der Waals surface area contributed by atoms with Crippen molar-refractivity contribution in [2.75, 3.05) is 0 Å². The van der Waals surface area contributed by atoms with Gasteiger partial charge in [0, 0.05) is 11.1 Å². The molecule has 3 heteroatoms. The van der Waals surface area contributed by atoms with Gasteiger partial charge in [0.25, 0.3) is 0 Å². The van der Waals surface area contributed by atoms with Gasteiger partial charge in [-0.1, -0.05) is 60.7 Å². The van der Waals surface area contributed by atoms with Crippen LogP contribution in [0.25, 0.3) is 12.2 Å². The number of ether oxygens (including phenoxy) is 3. The normalized spacial score (nSPS) is 11.1. The van der Waals surface area contributed by atoms with Gasteiger partial charge in [0.05, 0.1) is 0 Å². The van der Waals surface area contributed by atoms with Gasteiger partial charge in [-0.3, -0.25) is 0 Å². The first kappa shape index (κ1) is 22.0. The molecule has 4 aromatic carbocycles. The number of rotatable bonds is 8. The van der Waals surface area contributed by atoms with E-state index >= 15 is 0 Å². The fourth-order valence-corrected chi connectivity index (χ4v) is 3.32. The molecule has 0 atom stereocenters. The lowest BCUT2D eigenvalue weighted by Crippen LogP contribution is -1.89. The lowest BCUT2D eigenvalue weighted by molar-refractivity contribution is 0.463. The minimum absolute atomic E-state index is 0.733. The van der Waals surface area contributed by atoms with Crippen LogP contribution >= 0.6 is 0 Å². The van der Waals surface area contributed by atoms with Crippen LogP contribution in [0.2, 0.25) is 0 Å². The second kappa shape index (κ2) is 10.9. The Balaban J connectivity index is 1.40. The molecule has 0 aliphatic carbocycles. The quantitative estimate of drug-likeness (QED) is 0.277. The number of allylic oxidation sites excluding steroid dienone is 2. The SMILES string of the molecule is C/C=C\c1ccccc1Oc1ccc(Oc2ccc(Oc3ccccc3/C=C\C)cc2)cc1. The maximum Gasteiger partial charge on any atom is 0.134 e. The lowest BCUT2D eigenvalue weighted by Gasteiger charge is -2.11. The summed E-state index contributed by atoms with van der Waals surface area (Å²) in [6.07, 6.45) is 8.05. The van der Waals surface area contributed by atoms with Gasteiger partial charge in [0.2, 0.25) is 0 Å². The van der Waals surface area contributed by atoms with Crippen LogP contribution in [0.3, 0.4) is 0 Å². The number of para-hydroxylation sites is 2. The molecule has 0 saturated carbocycles. The molecule has 0 aliphatic heterocycles. The smallest absolute Gasteiger partial charge is 0.134 e. The van der Waals surface area contributed by atoms with Crippen LogP contribution in [0.5, 0.6) is 34.5 Å². The summed E-state index contributed by atoms with van der Waals surface area (Å²) in [4.78, 5) is 0. The Morgan fingerprint density at radius 3 is 1.12 bits per heavy atom. The van der Waals surface area contributed by atoms with Crippen molar-refractivity contribution in [2.24, 2.45) is 0 Å². The first-order valence-electron chi connectivity index (χ1n) is 10.9. The van der Waals surface area contributed by atoms with Crippen molar-refractivity contribution in [2.45, 2.75) is 13.8 Å². The van der Waals surface area contributed by atoms with E-state index in [1.54, 1.807) is 0 Å². The monoisotopic (exact) mass is 434 g/mol. The first-order valence-corrected chi connectivity index (χ1v) is 10.9. The third-order valence-electron chi connectivity index (χ3n) is 4.87. The second-order valence-electron chi connectivity index (χ2n) is 7.32. The Kier molecular flexibility index (Phi) is 7.24. The molecule has 0 aliphatic rings. The summed E-state index contributed by atoms with van der Waals surface area (Å²) in [5, 5.41) is 0. The largest absolute Gasteiger partial charge is 0.457 e. The molecule has 0 amide bonds. The van der Waals surface area contributed by atoms with Crippen molar-refractivity contribution in [1.29, 1.82) is 0 Å². The summed E-state index contributed by atoms with van der Waals surface area (Å²) in [5.74, 6) is 4.60. The van der Waals surface area contributed by atoms with E-state index in [2.05, 4.69) is 0 Å². The average molecular weight is 435 g/mol. The van der Waals surface area contributed by atoms with E-state index in [-0.39, 0.29) is 0 Å². The molecule has 33 heavy (non-hydrogen) atoms. The van der Waals surface area contributed by atoms with Crippen LogP contribution < -0.4 is 14.2 Å². The molecule has 0 spiro atoms. The van der Waals surface area contributed by atoms with Crippen molar-refractivity contribution in [3.05, 3.63) is 120 Å². The van der Waals surface area contributed by atoms with E-state index < -0.39 is 0 Å². The van der Waals surface area contributed by atoms with E-state index in [1.165, 1.54) is 0 Å². The molecule has 0 bridgehead atoms. The molecule has 0 aromatic heterocycles. The van der Waals surface area contributed by atoms with Crippen LogP contribution in [0.4, 0.5) is 0 Å². The van der Waals surface area contributed by atoms with Crippen LogP contribution in [0, 0.1) is 0 Å². The maximum absolute atomic E-state index is 6.04. The van der Waals surface area contributed by atoms with Crippen molar-refractivity contribution in [3.63, 3.8) is 0 Å². The van der Waals surface area contributed by atoms with E-state index in [1.807, 2.05) is 135 Å².